The van der Waals surface area contributed by atoms with Crippen LogP contribution < -0.4 is 0 Å². The van der Waals surface area contributed by atoms with Crippen molar-refractivity contribution in [2.75, 3.05) is 0 Å². The SMILES string of the molecule is C=C1CC23CC1CCC2C12C=CCC(C)(C(=O)O1)C2C3C(=O)O. The number of hydrogen-bond donors (Lipinski definition) is 1. The molecule has 0 aromatic carbocycles. The van der Waals surface area contributed by atoms with Gasteiger partial charge < -0.3 is 9.84 Å². The fourth-order valence-electron chi connectivity index (χ4n) is 7.15. The molecule has 4 aliphatic carbocycles. The van der Waals surface area contributed by atoms with Crippen LogP contribution in [0.3, 0.4) is 0 Å². The molecule has 0 amide bonds. The third kappa shape index (κ3) is 1.25. The fraction of sp³-hybridized carbons (Fsp3) is 0.684. The molecule has 4 nitrogen and oxygen atoms in total. The van der Waals surface area contributed by atoms with Crippen molar-refractivity contribution in [1.29, 1.82) is 0 Å². The zero-order valence-corrected chi connectivity index (χ0v) is 13.4. The van der Waals surface area contributed by atoms with E-state index in [2.05, 4.69) is 12.7 Å². The van der Waals surface area contributed by atoms with Gasteiger partial charge in [0, 0.05) is 11.8 Å². The summed E-state index contributed by atoms with van der Waals surface area (Å²) in [5.41, 5.74) is -0.441. The van der Waals surface area contributed by atoms with Gasteiger partial charge in [-0.1, -0.05) is 18.2 Å². The summed E-state index contributed by atoms with van der Waals surface area (Å²) in [6, 6.07) is 0. The van der Waals surface area contributed by atoms with Crippen molar-refractivity contribution in [2.24, 2.45) is 34.5 Å². The summed E-state index contributed by atoms with van der Waals surface area (Å²) in [6.07, 6.45) is 8.38. The quantitative estimate of drug-likeness (QED) is 0.597. The second-order valence-electron chi connectivity index (χ2n) is 8.66. The van der Waals surface area contributed by atoms with Crippen molar-refractivity contribution in [3.63, 3.8) is 0 Å². The highest BCUT2D eigenvalue weighted by Crippen LogP contribution is 2.76. The van der Waals surface area contributed by atoms with Gasteiger partial charge in [-0.3, -0.25) is 9.59 Å². The zero-order valence-electron chi connectivity index (χ0n) is 13.4. The van der Waals surface area contributed by atoms with Gasteiger partial charge in [0.15, 0.2) is 0 Å². The lowest BCUT2D eigenvalue weighted by Crippen LogP contribution is -2.44. The van der Waals surface area contributed by atoms with E-state index in [1.54, 1.807) is 0 Å². The van der Waals surface area contributed by atoms with Gasteiger partial charge in [-0.15, -0.1) is 0 Å². The first kappa shape index (κ1) is 13.8. The predicted octanol–water partition coefficient (Wildman–Crippen LogP) is 2.94. The Morgan fingerprint density at radius 3 is 2.96 bits per heavy atom. The molecule has 1 aliphatic heterocycles. The van der Waals surface area contributed by atoms with Gasteiger partial charge in [0.05, 0.1) is 11.3 Å². The van der Waals surface area contributed by atoms with Crippen LogP contribution >= 0.6 is 0 Å². The van der Waals surface area contributed by atoms with Crippen molar-refractivity contribution in [1.82, 2.24) is 0 Å². The number of hydrogen-bond acceptors (Lipinski definition) is 3. The molecule has 1 heterocycles. The zero-order chi connectivity index (χ0) is 16.2. The Balaban J connectivity index is 1.77. The molecule has 0 aromatic rings. The van der Waals surface area contributed by atoms with Crippen LogP contribution in [0, 0.1) is 34.5 Å². The minimum Gasteiger partial charge on any atom is -0.481 e. The normalized spacial score (nSPS) is 55.5. The monoisotopic (exact) mass is 314 g/mol. The topological polar surface area (TPSA) is 63.6 Å². The van der Waals surface area contributed by atoms with E-state index in [9.17, 15) is 14.7 Å². The maximum Gasteiger partial charge on any atom is 0.313 e. The summed E-state index contributed by atoms with van der Waals surface area (Å²) in [6.45, 7) is 6.15. The molecule has 4 fully saturated rings. The van der Waals surface area contributed by atoms with Crippen LogP contribution in [0.15, 0.2) is 24.3 Å². The molecule has 23 heavy (non-hydrogen) atoms. The highest BCUT2D eigenvalue weighted by molar-refractivity contribution is 5.85. The Morgan fingerprint density at radius 2 is 2.22 bits per heavy atom. The number of carbonyl (C=O) groups is 2. The lowest BCUT2D eigenvalue weighted by atomic mass is 9.62. The molecular formula is C19H22O4. The van der Waals surface area contributed by atoms with Crippen molar-refractivity contribution < 1.29 is 19.4 Å². The number of esters is 1. The molecule has 4 heteroatoms. The standard InChI is InChI=1S/C19H22O4/c1-10-8-18-9-11(10)4-5-12(18)19-7-3-6-17(2,16(22)23-19)14(19)13(18)15(20)21/h3,7,11-14H,1,4-6,8-9H2,2H3,(H,20,21). The van der Waals surface area contributed by atoms with E-state index >= 15 is 0 Å². The van der Waals surface area contributed by atoms with E-state index in [1.807, 2.05) is 13.0 Å². The predicted molar refractivity (Wildman–Crippen MR) is 82.3 cm³/mol. The van der Waals surface area contributed by atoms with Gasteiger partial charge in [0.1, 0.15) is 5.60 Å². The molecule has 5 aliphatic rings. The van der Waals surface area contributed by atoms with E-state index in [0.717, 1.165) is 25.7 Å². The number of ether oxygens (including phenoxy) is 1. The Kier molecular flexibility index (Phi) is 2.24. The first-order valence-corrected chi connectivity index (χ1v) is 8.67. The highest BCUT2D eigenvalue weighted by atomic mass is 16.6. The summed E-state index contributed by atoms with van der Waals surface area (Å²) < 4.78 is 6.01. The number of carbonyl (C=O) groups excluding carboxylic acids is 1. The summed E-state index contributed by atoms with van der Waals surface area (Å²) in [5.74, 6) is -1.12. The van der Waals surface area contributed by atoms with Crippen LogP contribution in [-0.4, -0.2) is 22.6 Å². The molecule has 1 saturated heterocycles. The van der Waals surface area contributed by atoms with Crippen LogP contribution in [0.4, 0.5) is 0 Å². The summed E-state index contributed by atoms with van der Waals surface area (Å²) in [5, 5.41) is 10.1. The molecule has 1 spiro atoms. The molecule has 7 atom stereocenters. The molecule has 4 bridgehead atoms. The van der Waals surface area contributed by atoms with Gasteiger partial charge >= 0.3 is 11.9 Å². The van der Waals surface area contributed by atoms with Gasteiger partial charge in [0.25, 0.3) is 0 Å². The van der Waals surface area contributed by atoms with Crippen molar-refractivity contribution in [3.8, 4) is 0 Å². The summed E-state index contributed by atoms with van der Waals surface area (Å²) >= 11 is 0. The van der Waals surface area contributed by atoms with E-state index in [-0.39, 0.29) is 23.2 Å². The minimum absolute atomic E-state index is 0.124. The third-order valence-corrected chi connectivity index (χ3v) is 7.85. The number of aliphatic carboxylic acids is 1. The molecule has 7 unspecified atom stereocenters. The van der Waals surface area contributed by atoms with E-state index in [0.29, 0.717) is 12.3 Å². The maximum atomic E-state index is 12.6. The number of allylic oxidation sites excluding steroid dienone is 2. The molecular weight excluding hydrogens is 292 g/mol. The molecule has 3 saturated carbocycles. The van der Waals surface area contributed by atoms with Gasteiger partial charge in [-0.25, -0.2) is 0 Å². The third-order valence-electron chi connectivity index (χ3n) is 7.85. The van der Waals surface area contributed by atoms with Gasteiger partial charge in [0.2, 0.25) is 0 Å². The molecule has 5 rings (SSSR count). The largest absolute Gasteiger partial charge is 0.481 e. The van der Waals surface area contributed by atoms with Crippen molar-refractivity contribution >= 4 is 11.9 Å². The second kappa shape index (κ2) is 3.73. The number of fused-ring (bicyclic) bond motifs is 1. The Labute approximate surface area is 135 Å². The first-order chi connectivity index (χ1) is 10.9. The lowest BCUT2D eigenvalue weighted by Gasteiger charge is -2.42. The Morgan fingerprint density at radius 1 is 1.43 bits per heavy atom. The molecule has 0 radical (unpaired) electrons. The maximum absolute atomic E-state index is 12.6. The number of rotatable bonds is 1. The number of carboxylic acid groups (broad SMARTS) is 1. The Bertz CT molecular complexity index is 693. The van der Waals surface area contributed by atoms with Crippen LogP contribution in [-0.2, 0) is 14.3 Å². The number of carboxylic acids is 1. The molecule has 1 N–H and O–H groups in total. The van der Waals surface area contributed by atoms with Crippen LogP contribution in [0.5, 0.6) is 0 Å². The van der Waals surface area contributed by atoms with E-state index in [4.69, 9.17) is 4.74 Å². The summed E-state index contributed by atoms with van der Waals surface area (Å²) in [4.78, 5) is 25.0. The van der Waals surface area contributed by atoms with Crippen LogP contribution in [0.2, 0.25) is 0 Å². The average molecular weight is 314 g/mol. The van der Waals surface area contributed by atoms with Gasteiger partial charge in [-0.2, -0.15) is 0 Å². The highest BCUT2D eigenvalue weighted by Gasteiger charge is 2.80. The van der Waals surface area contributed by atoms with Gasteiger partial charge in [-0.05, 0) is 56.4 Å². The summed E-state index contributed by atoms with van der Waals surface area (Å²) in [7, 11) is 0. The fourth-order valence-corrected chi connectivity index (χ4v) is 7.15. The van der Waals surface area contributed by atoms with E-state index < -0.39 is 22.9 Å². The molecule has 122 valence electrons. The smallest absolute Gasteiger partial charge is 0.313 e. The van der Waals surface area contributed by atoms with Crippen LogP contribution in [0.1, 0.15) is 39.0 Å². The van der Waals surface area contributed by atoms with E-state index in [1.165, 1.54) is 5.57 Å². The second-order valence-corrected chi connectivity index (χ2v) is 8.66. The molecule has 0 aromatic heterocycles. The lowest BCUT2D eigenvalue weighted by molar-refractivity contribution is -0.158. The van der Waals surface area contributed by atoms with Crippen LogP contribution in [0.25, 0.3) is 0 Å². The first-order valence-electron chi connectivity index (χ1n) is 8.67. The Hall–Kier alpha value is -1.58. The average Bonchev–Trinajstić information content (AvgIpc) is 2.92. The minimum atomic E-state index is -0.753. The van der Waals surface area contributed by atoms with Crippen molar-refractivity contribution in [2.45, 2.75) is 44.6 Å². The van der Waals surface area contributed by atoms with Crippen molar-refractivity contribution in [3.05, 3.63) is 24.3 Å².